The number of nitrogens with zero attached hydrogens (tertiary/aromatic N) is 4. The summed E-state index contributed by atoms with van der Waals surface area (Å²) in [5.74, 6) is -17.3. The van der Waals surface area contributed by atoms with Crippen LogP contribution in [0.4, 0.5) is 69.7 Å². The number of halogens is 12. The zero-order valence-electron chi connectivity index (χ0n) is 35.2. The molecule has 8 aliphatic rings. The number of azide groups is 1. The highest BCUT2D eigenvalue weighted by Crippen LogP contribution is 2.60. The Morgan fingerprint density at radius 3 is 1.30 bits per heavy atom. The molecule has 2 heterocycles. The molecule has 67 heavy (non-hydrogen) atoms. The Kier molecular flexibility index (Phi) is 15.1. The fourth-order valence-corrected chi connectivity index (χ4v) is 10.4. The molecule has 0 aromatic heterocycles. The van der Waals surface area contributed by atoms with Crippen LogP contribution >= 0.6 is 0 Å². The molecule has 6 aliphatic carbocycles. The lowest BCUT2D eigenvalue weighted by Gasteiger charge is -2.20. The van der Waals surface area contributed by atoms with E-state index in [1.807, 2.05) is 17.1 Å². The summed E-state index contributed by atoms with van der Waals surface area (Å²) in [6, 6.07) is -0.267. The van der Waals surface area contributed by atoms with E-state index in [0.29, 0.717) is 11.8 Å². The second-order valence-electron chi connectivity index (χ2n) is 17.3. The largest absolute Gasteiger partial charge is 0.381 e. The van der Waals surface area contributed by atoms with Gasteiger partial charge >= 0.3 is 0 Å². The van der Waals surface area contributed by atoms with Crippen LogP contribution in [0.15, 0.2) is 29.4 Å². The van der Waals surface area contributed by atoms with Crippen molar-refractivity contribution in [3.8, 4) is 0 Å². The average molecular weight is 956 g/mol. The summed E-state index contributed by atoms with van der Waals surface area (Å²) in [5.41, 5.74) is 1.17. The Balaban J connectivity index is 0.000000133. The summed E-state index contributed by atoms with van der Waals surface area (Å²) in [4.78, 5) is 34.6. The van der Waals surface area contributed by atoms with Crippen molar-refractivity contribution in [3.63, 3.8) is 0 Å². The van der Waals surface area contributed by atoms with Gasteiger partial charge in [0.25, 0.3) is 0 Å². The average Bonchev–Trinajstić information content (AvgIpc) is 4.18. The minimum absolute atomic E-state index is 0.00127. The van der Waals surface area contributed by atoms with Crippen molar-refractivity contribution < 1.29 is 71.8 Å². The number of aldehydes is 3. The number of rotatable bonds is 7. The van der Waals surface area contributed by atoms with E-state index in [1.165, 1.54) is 37.0 Å². The maximum Gasteiger partial charge on any atom is 0.186 e. The lowest BCUT2D eigenvalue weighted by molar-refractivity contribution is 0.110. The molecular weight excluding hydrogens is 915 g/mol. The van der Waals surface area contributed by atoms with Gasteiger partial charge in [0.1, 0.15) is 17.1 Å². The first kappa shape index (κ1) is 49.1. The molecule has 6 bridgehead atoms. The van der Waals surface area contributed by atoms with E-state index in [0.717, 1.165) is 57.2 Å². The first-order valence-corrected chi connectivity index (χ1v) is 21.6. The predicted molar refractivity (Wildman–Crippen MR) is 217 cm³/mol. The zero-order chi connectivity index (χ0) is 48.4. The van der Waals surface area contributed by atoms with Crippen LogP contribution in [0.5, 0.6) is 0 Å². The van der Waals surface area contributed by atoms with Crippen LogP contribution in [0.1, 0.15) is 95.3 Å². The van der Waals surface area contributed by atoms with Gasteiger partial charge in [-0.3, -0.25) is 14.4 Å². The Labute approximate surface area is 374 Å². The Bertz CT molecular complexity index is 2410. The van der Waals surface area contributed by atoms with Crippen LogP contribution in [-0.2, 0) is 4.74 Å². The molecule has 358 valence electrons. The van der Waals surface area contributed by atoms with Crippen molar-refractivity contribution in [1.82, 2.24) is 0 Å². The minimum atomic E-state index is -1.91. The molecule has 0 amide bonds. The van der Waals surface area contributed by atoms with E-state index in [1.54, 1.807) is 0 Å². The van der Waals surface area contributed by atoms with Gasteiger partial charge in [0.05, 0.1) is 28.8 Å². The first-order valence-electron chi connectivity index (χ1n) is 21.6. The van der Waals surface area contributed by atoms with E-state index >= 15 is 0 Å². The molecule has 3 aromatic carbocycles. The van der Waals surface area contributed by atoms with E-state index in [2.05, 4.69) is 22.6 Å². The van der Waals surface area contributed by atoms with Crippen LogP contribution in [0, 0.1) is 105 Å². The lowest BCUT2D eigenvalue weighted by Crippen LogP contribution is -2.27. The van der Waals surface area contributed by atoms with Gasteiger partial charge in [-0.1, -0.05) is 29.4 Å². The quantitative estimate of drug-likeness (QED) is 0.0368. The van der Waals surface area contributed by atoms with E-state index in [4.69, 9.17) is 10.3 Å². The highest BCUT2D eigenvalue weighted by Gasteiger charge is 2.65. The van der Waals surface area contributed by atoms with E-state index in [-0.39, 0.29) is 48.8 Å². The summed E-state index contributed by atoms with van der Waals surface area (Å²) in [5, 5.41) is 5.00. The number of anilines is 2. The summed E-state index contributed by atoms with van der Waals surface area (Å²) >= 11 is 0. The monoisotopic (exact) mass is 955 g/mol. The molecule has 4 saturated carbocycles. The number of hydrogen-bond donors (Lipinski definition) is 1. The topological polar surface area (TPSA) is 124 Å². The van der Waals surface area contributed by atoms with Crippen LogP contribution in [-0.4, -0.2) is 50.2 Å². The normalized spacial score (nSPS) is 26.8. The third-order valence-corrected chi connectivity index (χ3v) is 13.7. The zero-order valence-corrected chi connectivity index (χ0v) is 35.2. The highest BCUT2D eigenvalue weighted by atomic mass is 19.2. The second kappa shape index (κ2) is 20.6. The van der Waals surface area contributed by atoms with Crippen molar-refractivity contribution in [1.29, 1.82) is 0 Å². The summed E-state index contributed by atoms with van der Waals surface area (Å²) in [6.07, 6.45) is 19.6. The number of carbonyl (C=O) groups excluding carboxylic acids is 3. The number of carbonyl (C=O) groups is 3. The smallest absolute Gasteiger partial charge is 0.186 e. The van der Waals surface area contributed by atoms with Gasteiger partial charge in [-0.2, -0.15) is 0 Å². The molecule has 21 heteroatoms. The van der Waals surface area contributed by atoms with Crippen molar-refractivity contribution in [2.24, 2.45) is 40.6 Å². The number of piperidine rings is 1. The molecule has 8 atom stereocenters. The Morgan fingerprint density at radius 1 is 0.552 bits per heavy atom. The fraction of sp³-hybridized carbons (Fsp3) is 0.457. The molecule has 1 N–H and O–H groups in total. The molecule has 0 spiro atoms. The third-order valence-electron chi connectivity index (χ3n) is 13.7. The summed E-state index contributed by atoms with van der Waals surface area (Å²) < 4.78 is 166. The van der Waals surface area contributed by atoms with Crippen LogP contribution in [0.25, 0.3) is 10.4 Å². The third kappa shape index (κ3) is 9.40. The van der Waals surface area contributed by atoms with Gasteiger partial charge in [-0.15, -0.1) is 0 Å². The van der Waals surface area contributed by atoms with Crippen molar-refractivity contribution in [2.45, 2.75) is 82.3 Å². The standard InChI is InChI=1S/2C14H11F4NO.C7HF4N3O.C7H10.C4H8O/c15-8-7(4-20)9(16)11(18)14(10(8)17)19-12-5-1-2-6(3-5)13(12)19;15-9-8(5-20)10(16)12(18)14(11(9)17)19-13-6-1-2-7(13)4-3-6;8-3-2(1-15)4(9)6(11)7(5(3)10)13-14-12;1-2-7-4-3-6(1)5-7;1-2-4-5-3-1/h4-6,12-13H,1-3H2;1-2,5-7,13,19H,3-4H2;1H;1-2,6-7H,3-5H2;1-4H2. The predicted octanol–water partition coefficient (Wildman–Crippen LogP) is 12.2. The SMILES string of the molecule is C1=CC2CCC1C2.C1CCOC1.O=Cc1c(F)c(F)c(N2C3C4CCC(C4)C32)c(F)c1F.O=Cc1c(F)c(F)c(NC2C3C=CC2CC3)c(F)c1F.[N-]=[N+]=Nc1c(F)c(F)c(C=O)c(F)c1F. The molecule has 2 aliphatic heterocycles. The maximum absolute atomic E-state index is 14.0. The van der Waals surface area contributed by atoms with Crippen molar-refractivity contribution in [3.05, 3.63) is 121 Å². The fourth-order valence-electron chi connectivity index (χ4n) is 10.4. The maximum atomic E-state index is 14.0. The van der Waals surface area contributed by atoms with Crippen LogP contribution in [0.3, 0.4) is 0 Å². The van der Waals surface area contributed by atoms with Gasteiger partial charge in [-0.25, -0.2) is 52.7 Å². The molecule has 9 nitrogen and oxygen atoms in total. The molecule has 11 rings (SSSR count). The molecule has 6 fully saturated rings. The van der Waals surface area contributed by atoms with Crippen molar-refractivity contribution >= 4 is 35.9 Å². The second-order valence-corrected chi connectivity index (χ2v) is 17.3. The van der Waals surface area contributed by atoms with Crippen LogP contribution < -0.4 is 10.2 Å². The summed E-state index contributed by atoms with van der Waals surface area (Å²) in [6.45, 7) is 2.00. The van der Waals surface area contributed by atoms with Gasteiger partial charge in [0, 0.05) is 24.2 Å². The molecule has 8 unspecified atom stereocenters. The first-order chi connectivity index (χ1) is 32.1. The van der Waals surface area contributed by atoms with Gasteiger partial charge in [-0.05, 0) is 105 Å². The van der Waals surface area contributed by atoms with E-state index in [9.17, 15) is 67.1 Å². The van der Waals surface area contributed by atoms with Gasteiger partial charge in [0.15, 0.2) is 88.7 Å². The number of hydrogen-bond acceptors (Lipinski definition) is 7. The number of nitrogens with one attached hydrogen (secondary N) is 1. The molecule has 2 saturated heterocycles. The number of fused-ring (bicyclic) bond motifs is 9. The molecule has 3 aromatic rings. The molecule has 0 radical (unpaired) electrons. The number of allylic oxidation sites excluding steroid dienone is 2. The summed E-state index contributed by atoms with van der Waals surface area (Å²) in [7, 11) is 0. The van der Waals surface area contributed by atoms with Crippen LogP contribution in [0.2, 0.25) is 0 Å². The number of ether oxygens (including phenoxy) is 1. The Hall–Kier alpha value is -5.82. The van der Waals surface area contributed by atoms with Gasteiger partial charge < -0.3 is 15.0 Å². The number of benzene rings is 3. The lowest BCUT2D eigenvalue weighted by atomic mass is 10.0. The van der Waals surface area contributed by atoms with Crippen molar-refractivity contribution in [2.75, 3.05) is 23.4 Å². The molecular formula is C46H41F12N5O4. The van der Waals surface area contributed by atoms with E-state index < -0.39 is 104 Å². The highest BCUT2D eigenvalue weighted by molar-refractivity contribution is 5.79. The Morgan fingerprint density at radius 2 is 0.970 bits per heavy atom. The van der Waals surface area contributed by atoms with Gasteiger partial charge in [0.2, 0.25) is 0 Å². The minimum Gasteiger partial charge on any atom is -0.381 e.